The summed E-state index contributed by atoms with van der Waals surface area (Å²) in [5, 5.41) is 3.28. The van der Waals surface area contributed by atoms with Crippen LogP contribution in [-0.4, -0.2) is 24.5 Å². The largest absolute Gasteiger partial charge is 0.482 e. The second-order valence-electron chi connectivity index (χ2n) is 7.44. The maximum Gasteiger partial charge on any atom is 0.349 e. The van der Waals surface area contributed by atoms with Crippen LogP contribution in [-0.2, 0) is 4.79 Å². The number of esters is 1. The van der Waals surface area contributed by atoms with Crippen molar-refractivity contribution in [1.29, 1.82) is 0 Å². The average Bonchev–Trinajstić information content (AvgIpc) is 2.73. The van der Waals surface area contributed by atoms with Crippen molar-refractivity contribution in [2.75, 3.05) is 6.61 Å². The van der Waals surface area contributed by atoms with E-state index in [0.717, 1.165) is 17.5 Å². The Balaban J connectivity index is 1.69. The predicted octanol–water partition coefficient (Wildman–Crippen LogP) is 3.92. The van der Waals surface area contributed by atoms with Crippen LogP contribution in [0.3, 0.4) is 0 Å². The lowest BCUT2D eigenvalue weighted by atomic mass is 10.1. The molecule has 1 heterocycles. The second kappa shape index (κ2) is 9.47. The van der Waals surface area contributed by atoms with Crippen LogP contribution in [0.1, 0.15) is 41.8 Å². The number of amides is 1. The Morgan fingerprint density at radius 3 is 2.48 bits per heavy atom. The van der Waals surface area contributed by atoms with Gasteiger partial charge in [0.25, 0.3) is 5.91 Å². The van der Waals surface area contributed by atoms with Crippen molar-refractivity contribution in [3.63, 3.8) is 0 Å². The van der Waals surface area contributed by atoms with Crippen molar-refractivity contribution in [3.8, 4) is 11.5 Å². The lowest BCUT2D eigenvalue weighted by molar-refractivity contribution is -0.136. The highest BCUT2D eigenvalue weighted by atomic mass is 16.6. The maximum absolute atomic E-state index is 12.3. The molecule has 162 valence electrons. The van der Waals surface area contributed by atoms with Crippen LogP contribution in [0.4, 0.5) is 0 Å². The molecule has 3 aromatic rings. The zero-order valence-electron chi connectivity index (χ0n) is 18.0. The molecule has 0 radical (unpaired) electrons. The van der Waals surface area contributed by atoms with Gasteiger partial charge in [0.2, 0.25) is 0 Å². The van der Waals surface area contributed by atoms with Gasteiger partial charge in [0.05, 0.1) is 0 Å². The molecule has 1 unspecified atom stereocenters. The molecular formula is C24H25NO6. The number of ether oxygens (including phenoxy) is 2. The molecule has 1 aromatic heterocycles. The second-order valence-corrected chi connectivity index (χ2v) is 7.44. The van der Waals surface area contributed by atoms with Crippen LogP contribution < -0.4 is 20.4 Å². The molecule has 0 aliphatic rings. The molecule has 1 amide bonds. The molecule has 0 saturated heterocycles. The van der Waals surface area contributed by atoms with E-state index in [2.05, 4.69) is 5.32 Å². The number of rotatable bonds is 7. The quantitative estimate of drug-likeness (QED) is 0.352. The van der Waals surface area contributed by atoms with Crippen molar-refractivity contribution in [1.82, 2.24) is 5.32 Å². The number of nitrogens with one attached hydrogen (secondary N) is 1. The summed E-state index contributed by atoms with van der Waals surface area (Å²) in [5.41, 5.74) is 1.58. The van der Waals surface area contributed by atoms with Gasteiger partial charge in [0.15, 0.2) is 6.61 Å². The fourth-order valence-corrected chi connectivity index (χ4v) is 2.82. The van der Waals surface area contributed by atoms with Crippen LogP contribution >= 0.6 is 0 Å². The normalized spacial score (nSPS) is 11.7. The summed E-state index contributed by atoms with van der Waals surface area (Å²) in [6, 6.07) is 11.6. The standard InChI is InChI=1S/C24H25NO6/c1-5-16(4)25-23(27)20-11-17-7-9-19(12-21(17)31-24(20)28)30-22(26)13-29-18-8-6-14(2)15(3)10-18/h6-12,16H,5,13H2,1-4H3,(H,25,27). The molecule has 0 spiro atoms. The molecule has 0 saturated carbocycles. The highest BCUT2D eigenvalue weighted by molar-refractivity contribution is 5.97. The topological polar surface area (TPSA) is 94.8 Å². The van der Waals surface area contributed by atoms with Crippen molar-refractivity contribution >= 4 is 22.8 Å². The zero-order valence-corrected chi connectivity index (χ0v) is 18.0. The minimum Gasteiger partial charge on any atom is -0.482 e. The van der Waals surface area contributed by atoms with Crippen LogP contribution in [0.25, 0.3) is 11.0 Å². The van der Waals surface area contributed by atoms with Crippen LogP contribution in [0.2, 0.25) is 0 Å². The molecule has 0 fully saturated rings. The number of carbonyl (C=O) groups excluding carboxylic acids is 2. The van der Waals surface area contributed by atoms with Gasteiger partial charge in [-0.25, -0.2) is 9.59 Å². The number of aryl methyl sites for hydroxylation is 2. The van der Waals surface area contributed by atoms with E-state index in [0.29, 0.717) is 11.1 Å². The monoisotopic (exact) mass is 423 g/mol. The third kappa shape index (κ3) is 5.51. The minimum absolute atomic E-state index is 0.0598. The van der Waals surface area contributed by atoms with Gasteiger partial charge in [-0.05, 0) is 68.7 Å². The first kappa shape index (κ1) is 22.1. The average molecular weight is 423 g/mol. The highest BCUT2D eigenvalue weighted by Crippen LogP contribution is 2.21. The third-order valence-corrected chi connectivity index (χ3v) is 5.01. The van der Waals surface area contributed by atoms with E-state index in [-0.39, 0.29) is 29.5 Å². The molecule has 7 heteroatoms. The van der Waals surface area contributed by atoms with Crippen LogP contribution in [0.5, 0.6) is 11.5 Å². The number of hydrogen-bond acceptors (Lipinski definition) is 6. The predicted molar refractivity (Wildman–Crippen MR) is 117 cm³/mol. The van der Waals surface area contributed by atoms with Gasteiger partial charge in [-0.2, -0.15) is 0 Å². The van der Waals surface area contributed by atoms with Gasteiger partial charge in [0, 0.05) is 17.5 Å². The van der Waals surface area contributed by atoms with E-state index in [4.69, 9.17) is 13.9 Å². The van der Waals surface area contributed by atoms with Gasteiger partial charge < -0.3 is 19.2 Å². The number of hydrogen-bond donors (Lipinski definition) is 1. The zero-order chi connectivity index (χ0) is 22.5. The number of carbonyl (C=O) groups is 2. The molecular weight excluding hydrogens is 398 g/mol. The summed E-state index contributed by atoms with van der Waals surface area (Å²) < 4.78 is 16.0. The van der Waals surface area contributed by atoms with E-state index in [1.165, 1.54) is 12.1 Å². The van der Waals surface area contributed by atoms with Gasteiger partial charge in [-0.3, -0.25) is 4.79 Å². The van der Waals surface area contributed by atoms with Crippen molar-refractivity contribution in [2.45, 2.75) is 40.2 Å². The lowest BCUT2D eigenvalue weighted by Crippen LogP contribution is -2.34. The molecule has 1 N–H and O–H groups in total. The molecule has 0 aliphatic carbocycles. The van der Waals surface area contributed by atoms with Gasteiger partial charge >= 0.3 is 11.6 Å². The first-order valence-corrected chi connectivity index (χ1v) is 10.1. The van der Waals surface area contributed by atoms with E-state index in [9.17, 15) is 14.4 Å². The Hall–Kier alpha value is -3.61. The molecule has 7 nitrogen and oxygen atoms in total. The fourth-order valence-electron chi connectivity index (χ4n) is 2.82. The Labute approximate surface area is 180 Å². The first-order chi connectivity index (χ1) is 14.8. The van der Waals surface area contributed by atoms with Gasteiger partial charge in [0.1, 0.15) is 22.6 Å². The lowest BCUT2D eigenvalue weighted by Gasteiger charge is -2.11. The number of benzene rings is 2. The third-order valence-electron chi connectivity index (χ3n) is 5.01. The van der Waals surface area contributed by atoms with E-state index in [1.54, 1.807) is 18.2 Å². The Bertz CT molecular complexity index is 1180. The van der Waals surface area contributed by atoms with E-state index < -0.39 is 17.5 Å². The van der Waals surface area contributed by atoms with E-state index >= 15 is 0 Å². The minimum atomic E-state index is -0.755. The van der Waals surface area contributed by atoms with E-state index in [1.807, 2.05) is 39.8 Å². The SMILES string of the molecule is CCC(C)NC(=O)c1cc2ccc(OC(=O)COc3ccc(C)c(C)c3)cc2oc1=O. The number of fused-ring (bicyclic) bond motifs is 1. The summed E-state index contributed by atoms with van der Waals surface area (Å²) in [6.45, 7) is 7.48. The van der Waals surface area contributed by atoms with Gasteiger partial charge in [-0.1, -0.05) is 13.0 Å². The summed E-state index contributed by atoms with van der Waals surface area (Å²) >= 11 is 0. The van der Waals surface area contributed by atoms with Gasteiger partial charge in [-0.15, -0.1) is 0 Å². The fraction of sp³-hybridized carbons (Fsp3) is 0.292. The summed E-state index contributed by atoms with van der Waals surface area (Å²) in [7, 11) is 0. The molecule has 2 aromatic carbocycles. The van der Waals surface area contributed by atoms with Crippen molar-refractivity contribution in [3.05, 3.63) is 69.6 Å². The molecule has 0 bridgehead atoms. The molecule has 0 aliphatic heterocycles. The summed E-state index contributed by atoms with van der Waals surface area (Å²) in [6.07, 6.45) is 0.743. The molecule has 31 heavy (non-hydrogen) atoms. The smallest absolute Gasteiger partial charge is 0.349 e. The maximum atomic E-state index is 12.3. The molecule has 1 atom stereocenters. The molecule has 3 rings (SSSR count). The summed E-state index contributed by atoms with van der Waals surface area (Å²) in [5.74, 6) is -0.289. The highest BCUT2D eigenvalue weighted by Gasteiger charge is 2.16. The van der Waals surface area contributed by atoms with Crippen molar-refractivity contribution in [2.24, 2.45) is 0 Å². The Morgan fingerprint density at radius 2 is 1.77 bits per heavy atom. The first-order valence-electron chi connectivity index (χ1n) is 10.1. The van der Waals surface area contributed by atoms with Crippen LogP contribution in [0, 0.1) is 13.8 Å². The Kier molecular flexibility index (Phi) is 6.74. The Morgan fingerprint density at radius 1 is 1.03 bits per heavy atom. The summed E-state index contributed by atoms with van der Waals surface area (Å²) in [4.78, 5) is 36.6. The van der Waals surface area contributed by atoms with Crippen LogP contribution in [0.15, 0.2) is 51.7 Å². The van der Waals surface area contributed by atoms with Crippen molar-refractivity contribution < 1.29 is 23.5 Å².